The SMILES string of the molecule is C#CC1=C=C=C2C(=C1)c1nnc(COCC)n1CC1=C(c3cc(C)no3)N(C)CN21. The summed E-state index contributed by atoms with van der Waals surface area (Å²) in [6.45, 7) is 6.04. The molecule has 8 nitrogen and oxygen atoms in total. The third-order valence-electron chi connectivity index (χ3n) is 5.29. The van der Waals surface area contributed by atoms with Gasteiger partial charge in [-0.1, -0.05) is 16.8 Å². The molecule has 0 saturated heterocycles. The maximum Gasteiger partial charge on any atom is 0.185 e. The first-order chi connectivity index (χ1) is 14.6. The van der Waals surface area contributed by atoms with Crippen LogP contribution in [0, 0.1) is 19.3 Å². The zero-order valence-electron chi connectivity index (χ0n) is 17.1. The molecule has 150 valence electrons. The van der Waals surface area contributed by atoms with Crippen molar-refractivity contribution in [2.24, 2.45) is 0 Å². The van der Waals surface area contributed by atoms with Crippen LogP contribution in [-0.2, 0) is 17.9 Å². The maximum atomic E-state index is 5.63. The number of aryl methyl sites for hydroxylation is 1. The van der Waals surface area contributed by atoms with Crippen LogP contribution in [0.5, 0.6) is 0 Å². The lowest BCUT2D eigenvalue weighted by molar-refractivity contribution is 0.125. The molecule has 0 spiro atoms. The minimum atomic E-state index is 0.378. The topological polar surface area (TPSA) is 72.4 Å². The van der Waals surface area contributed by atoms with Gasteiger partial charge in [-0.15, -0.1) is 16.6 Å². The zero-order valence-corrected chi connectivity index (χ0v) is 17.1. The highest BCUT2D eigenvalue weighted by atomic mass is 16.5. The summed E-state index contributed by atoms with van der Waals surface area (Å²) in [6.07, 6.45) is 7.54. The van der Waals surface area contributed by atoms with Crippen LogP contribution in [-0.4, -0.2) is 50.0 Å². The van der Waals surface area contributed by atoms with Crippen molar-refractivity contribution < 1.29 is 9.26 Å². The highest BCUT2D eigenvalue weighted by molar-refractivity contribution is 5.82. The number of hydrogen-bond donors (Lipinski definition) is 0. The Morgan fingerprint density at radius 3 is 2.93 bits per heavy atom. The summed E-state index contributed by atoms with van der Waals surface area (Å²) in [7, 11) is 2.03. The smallest absolute Gasteiger partial charge is 0.185 e. The van der Waals surface area contributed by atoms with E-state index in [1.165, 1.54) is 0 Å². The van der Waals surface area contributed by atoms with E-state index in [9.17, 15) is 0 Å². The van der Waals surface area contributed by atoms with Crippen LogP contribution in [0.25, 0.3) is 11.3 Å². The minimum Gasteiger partial charge on any atom is -0.374 e. The third-order valence-corrected chi connectivity index (χ3v) is 5.29. The summed E-state index contributed by atoms with van der Waals surface area (Å²) in [5.74, 6) is 4.86. The Kier molecular flexibility index (Phi) is 4.23. The van der Waals surface area contributed by atoms with Crippen molar-refractivity contribution >= 4 is 11.3 Å². The molecule has 0 unspecified atom stereocenters. The molecule has 0 saturated carbocycles. The van der Waals surface area contributed by atoms with E-state index in [0.29, 0.717) is 32.0 Å². The number of fused-ring (bicyclic) bond motifs is 5. The van der Waals surface area contributed by atoms with Gasteiger partial charge in [-0.25, -0.2) is 0 Å². The molecule has 0 bridgehead atoms. The summed E-state index contributed by atoms with van der Waals surface area (Å²) < 4.78 is 13.3. The summed E-state index contributed by atoms with van der Waals surface area (Å²) >= 11 is 0. The van der Waals surface area contributed by atoms with E-state index in [4.69, 9.17) is 15.7 Å². The summed E-state index contributed by atoms with van der Waals surface area (Å²) in [5, 5.41) is 12.9. The maximum absolute atomic E-state index is 5.63. The highest BCUT2D eigenvalue weighted by Gasteiger charge is 2.38. The van der Waals surface area contributed by atoms with Gasteiger partial charge in [-0.05, 0) is 25.7 Å². The Morgan fingerprint density at radius 2 is 2.20 bits per heavy atom. The molecule has 0 amide bonds. The van der Waals surface area contributed by atoms with Gasteiger partial charge in [-0.3, -0.25) is 0 Å². The van der Waals surface area contributed by atoms with Crippen molar-refractivity contribution in [2.45, 2.75) is 27.0 Å². The molecule has 30 heavy (non-hydrogen) atoms. The number of terminal acetylenes is 1. The van der Waals surface area contributed by atoms with Crippen molar-refractivity contribution in [3.8, 4) is 12.3 Å². The van der Waals surface area contributed by atoms with Crippen LogP contribution in [0.15, 0.2) is 45.1 Å². The van der Waals surface area contributed by atoms with Gasteiger partial charge < -0.3 is 23.6 Å². The van der Waals surface area contributed by atoms with Gasteiger partial charge >= 0.3 is 0 Å². The molecule has 0 aromatic carbocycles. The molecule has 0 atom stereocenters. The largest absolute Gasteiger partial charge is 0.374 e. The monoisotopic (exact) mass is 400 g/mol. The van der Waals surface area contributed by atoms with E-state index in [1.807, 2.05) is 33.0 Å². The number of ether oxygens (including phenoxy) is 1. The fraction of sp³-hybridized carbons (Fsp3) is 0.318. The predicted molar refractivity (Wildman–Crippen MR) is 109 cm³/mol. The molecule has 0 N–H and O–H groups in total. The Hall–Kier alpha value is -3.75. The van der Waals surface area contributed by atoms with E-state index in [-0.39, 0.29) is 0 Å². The predicted octanol–water partition coefficient (Wildman–Crippen LogP) is 2.29. The van der Waals surface area contributed by atoms with Crippen LogP contribution in [0.2, 0.25) is 0 Å². The fourth-order valence-corrected chi connectivity index (χ4v) is 3.94. The lowest BCUT2D eigenvalue weighted by atomic mass is 10.0. The molecule has 5 rings (SSSR count). The second-order valence-electron chi connectivity index (χ2n) is 7.27. The quantitative estimate of drug-likeness (QED) is 0.576. The van der Waals surface area contributed by atoms with Crippen molar-refractivity contribution in [2.75, 3.05) is 20.3 Å². The van der Waals surface area contributed by atoms with Gasteiger partial charge in [-0.2, -0.15) is 0 Å². The highest BCUT2D eigenvalue weighted by Crippen LogP contribution is 2.41. The van der Waals surface area contributed by atoms with Crippen LogP contribution < -0.4 is 0 Å². The van der Waals surface area contributed by atoms with Crippen molar-refractivity contribution in [1.29, 1.82) is 0 Å². The zero-order chi connectivity index (χ0) is 20.8. The molecule has 4 heterocycles. The lowest BCUT2D eigenvalue weighted by Gasteiger charge is -2.22. The molecule has 2 aromatic heterocycles. The minimum absolute atomic E-state index is 0.378. The lowest BCUT2D eigenvalue weighted by Crippen LogP contribution is -2.25. The fourth-order valence-electron chi connectivity index (χ4n) is 3.94. The molecular formula is C22H20N6O2. The van der Waals surface area contributed by atoms with Crippen LogP contribution >= 0.6 is 0 Å². The van der Waals surface area contributed by atoms with E-state index in [1.54, 1.807) is 0 Å². The van der Waals surface area contributed by atoms with Gasteiger partial charge in [0.05, 0.1) is 35.8 Å². The molecule has 0 radical (unpaired) electrons. The number of rotatable bonds is 4. The third kappa shape index (κ3) is 2.73. The summed E-state index contributed by atoms with van der Waals surface area (Å²) in [6, 6.07) is 1.94. The normalized spacial score (nSPS) is 17.1. The Bertz CT molecular complexity index is 1250. The summed E-state index contributed by atoms with van der Waals surface area (Å²) in [4.78, 5) is 4.33. The molecule has 2 aromatic rings. The molecule has 0 fully saturated rings. The summed E-state index contributed by atoms with van der Waals surface area (Å²) in [5.41, 5.74) is 11.5. The molecule has 8 heteroatoms. The molecular weight excluding hydrogens is 380 g/mol. The van der Waals surface area contributed by atoms with E-state index >= 15 is 0 Å². The number of aromatic nitrogens is 4. The van der Waals surface area contributed by atoms with Crippen LogP contribution in [0.3, 0.4) is 0 Å². The van der Waals surface area contributed by atoms with Crippen LogP contribution in [0.1, 0.15) is 30.0 Å². The number of allylic oxidation sites excluding steroid dienone is 4. The van der Waals surface area contributed by atoms with E-state index < -0.39 is 0 Å². The van der Waals surface area contributed by atoms with E-state index in [2.05, 4.69) is 47.1 Å². The van der Waals surface area contributed by atoms with Gasteiger partial charge in [0, 0.05) is 19.7 Å². The van der Waals surface area contributed by atoms with E-state index in [0.717, 1.165) is 45.8 Å². The van der Waals surface area contributed by atoms with Gasteiger partial charge in [0.15, 0.2) is 17.4 Å². The van der Waals surface area contributed by atoms with Crippen LogP contribution in [0.4, 0.5) is 0 Å². The van der Waals surface area contributed by atoms with Gasteiger partial charge in [0.25, 0.3) is 0 Å². The second kappa shape index (κ2) is 6.94. The average Bonchev–Trinajstić information content (AvgIpc) is 3.41. The first kappa shape index (κ1) is 18.3. The number of hydrogen-bond acceptors (Lipinski definition) is 7. The molecule has 1 aliphatic carbocycles. The Morgan fingerprint density at radius 1 is 1.33 bits per heavy atom. The molecule has 3 aliphatic rings. The van der Waals surface area contributed by atoms with Gasteiger partial charge in [0.2, 0.25) is 0 Å². The first-order valence-electron chi connectivity index (χ1n) is 9.71. The van der Waals surface area contributed by atoms with Crippen molar-refractivity contribution in [1.82, 2.24) is 29.7 Å². The standard InChI is InChI=1S/C22H20N6O2/c1-5-15-7-8-17-16(10-15)22-24-23-20(12-29-6-2)27(22)11-18-21(26(4)13-28(17)18)19-9-14(3)25-30-19/h1,9-10H,6,11-13H2,2-4H3. The van der Waals surface area contributed by atoms with Crippen molar-refractivity contribution in [3.63, 3.8) is 0 Å². The Labute approximate surface area is 174 Å². The van der Waals surface area contributed by atoms with Gasteiger partial charge in [0.1, 0.15) is 18.0 Å². The average molecular weight is 400 g/mol. The van der Waals surface area contributed by atoms with Crippen molar-refractivity contribution in [3.05, 3.63) is 63.7 Å². The first-order valence-corrected chi connectivity index (χ1v) is 9.71. The Balaban J connectivity index is 1.75. The second-order valence-corrected chi connectivity index (χ2v) is 7.27. The number of nitrogens with zero attached hydrogens (tertiary/aromatic N) is 6. The molecule has 2 aliphatic heterocycles.